The Morgan fingerprint density at radius 1 is 1.11 bits per heavy atom. The number of carbonyl (C=O) groups excluding carboxylic acids is 2. The van der Waals surface area contributed by atoms with Gasteiger partial charge in [0.2, 0.25) is 0 Å². The molecular weight excluding hydrogens is 487 g/mol. The predicted octanol–water partition coefficient (Wildman–Crippen LogP) is 5.76. The highest BCUT2D eigenvalue weighted by Crippen LogP contribution is 2.44. The largest absolute Gasteiger partial charge is 0.478 e. The Bertz CT molecular complexity index is 1510. The smallest absolute Gasteiger partial charge is 0.335 e. The Labute approximate surface area is 218 Å². The number of amides is 3. The van der Waals surface area contributed by atoms with Gasteiger partial charge in [-0.1, -0.05) is 6.07 Å². The number of imide groups is 1. The van der Waals surface area contributed by atoms with Crippen LogP contribution in [0.25, 0.3) is 0 Å². The molecule has 192 valence electrons. The number of nitrogens with zero attached hydrogens (tertiary/aromatic N) is 3. The number of hydrogen-bond acceptors (Lipinski definition) is 5. The molecule has 9 heteroatoms. The van der Waals surface area contributed by atoms with Gasteiger partial charge in [0.1, 0.15) is 11.4 Å². The molecule has 0 aromatic heterocycles. The monoisotopic (exact) mass is 512 g/mol. The molecular formula is C29H25FN4O4. The zero-order chi connectivity index (χ0) is 27.2. The summed E-state index contributed by atoms with van der Waals surface area (Å²) in [6, 6.07) is 16.8. The average molecular weight is 513 g/mol. The summed E-state index contributed by atoms with van der Waals surface area (Å²) in [5, 5.41) is 21.7. The summed E-state index contributed by atoms with van der Waals surface area (Å²) < 4.78 is 14.2. The van der Waals surface area contributed by atoms with E-state index < -0.39 is 29.3 Å². The number of rotatable bonds is 7. The van der Waals surface area contributed by atoms with Crippen LogP contribution < -0.4 is 10.2 Å². The molecule has 2 N–H and O–H groups in total. The van der Waals surface area contributed by atoms with E-state index in [-0.39, 0.29) is 18.0 Å². The Morgan fingerprint density at radius 2 is 1.82 bits per heavy atom. The second-order valence-corrected chi connectivity index (χ2v) is 10.0. The molecule has 0 spiro atoms. The van der Waals surface area contributed by atoms with Gasteiger partial charge in [0.25, 0.3) is 5.91 Å². The third-order valence-corrected chi connectivity index (χ3v) is 7.07. The summed E-state index contributed by atoms with van der Waals surface area (Å²) in [5.74, 6) is -1.68. The zero-order valence-electron chi connectivity index (χ0n) is 20.9. The summed E-state index contributed by atoms with van der Waals surface area (Å²) in [7, 11) is 0. The maximum Gasteiger partial charge on any atom is 0.335 e. The van der Waals surface area contributed by atoms with E-state index in [0.717, 1.165) is 23.3 Å². The number of carbonyl (C=O) groups is 3. The standard InChI is InChI=1S/C29H25FN4O4/c1-29(2)27(37)34(23-12-8-19(15-31)24(14-23)17-3-4-17)28(38)33(29)16-20-5-9-21(30)13-25(20)32-22-10-6-18(7-11-22)26(35)36/h5-14,17,32H,3-4,16H2,1-2H3,(H,35,36). The lowest BCUT2D eigenvalue weighted by Crippen LogP contribution is -2.43. The van der Waals surface area contributed by atoms with Crippen molar-refractivity contribution in [2.75, 3.05) is 10.2 Å². The maximum atomic E-state index is 14.2. The highest BCUT2D eigenvalue weighted by Gasteiger charge is 2.52. The van der Waals surface area contributed by atoms with Gasteiger partial charge in [0.05, 0.1) is 29.4 Å². The SMILES string of the molecule is CC1(C)C(=O)N(c2ccc(C#N)c(C3CC3)c2)C(=O)N1Cc1ccc(F)cc1Nc1ccc(C(=O)O)cc1. The molecule has 3 amide bonds. The fourth-order valence-corrected chi connectivity index (χ4v) is 4.68. The third kappa shape index (κ3) is 4.45. The summed E-state index contributed by atoms with van der Waals surface area (Å²) in [6.45, 7) is 3.36. The molecule has 1 aliphatic heterocycles. The molecule has 3 aromatic carbocycles. The lowest BCUT2D eigenvalue weighted by Gasteiger charge is -2.28. The first-order chi connectivity index (χ1) is 18.1. The van der Waals surface area contributed by atoms with Gasteiger partial charge in [-0.25, -0.2) is 18.9 Å². The quantitative estimate of drug-likeness (QED) is 0.389. The lowest BCUT2D eigenvalue weighted by atomic mass is 10.0. The second kappa shape index (κ2) is 9.30. The van der Waals surface area contributed by atoms with Crippen LogP contribution in [0.4, 0.5) is 26.2 Å². The van der Waals surface area contributed by atoms with Gasteiger partial charge in [-0.05, 0) is 98.3 Å². The minimum atomic E-state index is -1.18. The van der Waals surface area contributed by atoms with E-state index in [2.05, 4.69) is 11.4 Å². The minimum absolute atomic E-state index is 0.0235. The number of halogens is 1. The first-order valence-corrected chi connectivity index (χ1v) is 12.2. The van der Waals surface area contributed by atoms with Gasteiger partial charge >= 0.3 is 12.0 Å². The van der Waals surface area contributed by atoms with Crippen molar-refractivity contribution < 1.29 is 23.9 Å². The summed E-state index contributed by atoms with van der Waals surface area (Å²) in [6.07, 6.45) is 1.94. The molecule has 2 aliphatic rings. The number of carboxylic acids is 1. The van der Waals surface area contributed by atoms with Crippen LogP contribution in [0.5, 0.6) is 0 Å². The average Bonchev–Trinajstić information content (AvgIpc) is 3.71. The van der Waals surface area contributed by atoms with Gasteiger partial charge in [-0.3, -0.25) is 4.79 Å². The van der Waals surface area contributed by atoms with Crippen molar-refractivity contribution in [2.24, 2.45) is 0 Å². The molecule has 0 bridgehead atoms. The van der Waals surface area contributed by atoms with E-state index in [9.17, 15) is 24.0 Å². The molecule has 0 atom stereocenters. The van der Waals surface area contributed by atoms with Gasteiger partial charge in [0.15, 0.2) is 0 Å². The van der Waals surface area contributed by atoms with E-state index in [1.807, 2.05) is 0 Å². The highest BCUT2D eigenvalue weighted by atomic mass is 19.1. The second-order valence-electron chi connectivity index (χ2n) is 10.0. The van der Waals surface area contributed by atoms with Crippen LogP contribution >= 0.6 is 0 Å². The Kier molecular flexibility index (Phi) is 6.11. The number of carboxylic acid groups (broad SMARTS) is 1. The van der Waals surface area contributed by atoms with Crippen molar-refractivity contribution in [3.05, 3.63) is 88.7 Å². The minimum Gasteiger partial charge on any atom is -0.478 e. The zero-order valence-corrected chi connectivity index (χ0v) is 20.9. The van der Waals surface area contributed by atoms with E-state index in [1.54, 1.807) is 50.2 Å². The van der Waals surface area contributed by atoms with Crippen molar-refractivity contribution >= 4 is 35.0 Å². The molecule has 38 heavy (non-hydrogen) atoms. The number of nitriles is 1. The van der Waals surface area contributed by atoms with Crippen molar-refractivity contribution in [2.45, 2.75) is 44.7 Å². The maximum absolute atomic E-state index is 14.2. The first kappa shape index (κ1) is 25.0. The third-order valence-electron chi connectivity index (χ3n) is 7.07. The van der Waals surface area contributed by atoms with Crippen molar-refractivity contribution in [1.82, 2.24) is 4.90 Å². The molecule has 0 unspecified atom stereocenters. The van der Waals surface area contributed by atoms with E-state index in [0.29, 0.717) is 28.2 Å². The summed E-state index contributed by atoms with van der Waals surface area (Å²) in [5.41, 5.74) is 2.25. The molecule has 1 saturated heterocycles. The fraction of sp³-hybridized carbons (Fsp3) is 0.241. The van der Waals surface area contributed by atoms with Crippen LogP contribution in [0.15, 0.2) is 60.7 Å². The van der Waals surface area contributed by atoms with E-state index >= 15 is 0 Å². The molecule has 3 aromatic rings. The van der Waals surface area contributed by atoms with Gasteiger partial charge in [0, 0.05) is 11.4 Å². The van der Waals surface area contributed by atoms with Crippen LogP contribution in [0.1, 0.15) is 59.7 Å². The Balaban J connectivity index is 1.45. The molecule has 5 rings (SSSR count). The van der Waals surface area contributed by atoms with Crippen molar-refractivity contribution in [1.29, 1.82) is 5.26 Å². The number of urea groups is 1. The molecule has 1 saturated carbocycles. The van der Waals surface area contributed by atoms with E-state index in [1.165, 1.54) is 29.2 Å². The Hall–Kier alpha value is -4.71. The van der Waals surface area contributed by atoms with Crippen LogP contribution in [0.3, 0.4) is 0 Å². The van der Waals surface area contributed by atoms with Crippen LogP contribution in [-0.4, -0.2) is 33.5 Å². The first-order valence-electron chi connectivity index (χ1n) is 12.2. The van der Waals surface area contributed by atoms with Crippen LogP contribution in [0, 0.1) is 17.1 Å². The number of nitrogens with one attached hydrogen (secondary N) is 1. The predicted molar refractivity (Wildman–Crippen MR) is 139 cm³/mol. The summed E-state index contributed by atoms with van der Waals surface area (Å²) >= 11 is 0. The number of benzene rings is 3. The van der Waals surface area contributed by atoms with Crippen molar-refractivity contribution in [3.63, 3.8) is 0 Å². The van der Waals surface area contributed by atoms with Gasteiger partial charge in [-0.15, -0.1) is 0 Å². The molecule has 0 radical (unpaired) electrons. The van der Waals surface area contributed by atoms with Crippen LogP contribution in [0.2, 0.25) is 0 Å². The molecule has 1 aliphatic carbocycles. The topological polar surface area (TPSA) is 114 Å². The highest BCUT2D eigenvalue weighted by molar-refractivity contribution is 6.23. The molecule has 2 fully saturated rings. The lowest BCUT2D eigenvalue weighted by molar-refractivity contribution is -0.123. The Morgan fingerprint density at radius 3 is 2.45 bits per heavy atom. The number of anilines is 3. The van der Waals surface area contributed by atoms with Crippen LogP contribution in [-0.2, 0) is 11.3 Å². The molecule has 8 nitrogen and oxygen atoms in total. The van der Waals surface area contributed by atoms with Gasteiger partial charge < -0.3 is 15.3 Å². The molecule has 1 heterocycles. The number of hydrogen-bond donors (Lipinski definition) is 2. The van der Waals surface area contributed by atoms with Gasteiger partial charge in [-0.2, -0.15) is 5.26 Å². The normalized spacial score (nSPS) is 16.5. The number of aromatic carboxylic acids is 1. The van der Waals surface area contributed by atoms with Crippen molar-refractivity contribution in [3.8, 4) is 6.07 Å². The van der Waals surface area contributed by atoms with E-state index in [4.69, 9.17) is 5.11 Å². The summed E-state index contributed by atoms with van der Waals surface area (Å²) in [4.78, 5) is 40.9. The fourth-order valence-electron chi connectivity index (χ4n) is 4.68.